The summed E-state index contributed by atoms with van der Waals surface area (Å²) in [6.45, 7) is 5.81. The predicted octanol–water partition coefficient (Wildman–Crippen LogP) is 2.59. The predicted molar refractivity (Wildman–Crippen MR) is 99.3 cm³/mol. The van der Waals surface area contributed by atoms with Crippen molar-refractivity contribution in [3.05, 3.63) is 50.9 Å². The Morgan fingerprint density at radius 3 is 2.80 bits per heavy atom. The minimum absolute atomic E-state index is 0.114. The van der Waals surface area contributed by atoms with Gasteiger partial charge in [-0.15, -0.1) is 0 Å². The van der Waals surface area contributed by atoms with Crippen LogP contribution in [0, 0.1) is 6.92 Å². The average Bonchev–Trinajstić information content (AvgIpc) is 2.99. The summed E-state index contributed by atoms with van der Waals surface area (Å²) in [6, 6.07) is 7.13. The molecule has 0 saturated carbocycles. The van der Waals surface area contributed by atoms with Crippen LogP contribution in [0.15, 0.2) is 29.1 Å². The molecule has 3 aromatic rings. The molecule has 0 spiro atoms. The number of nitrogens with zero attached hydrogens (tertiary/aromatic N) is 3. The number of aryl methyl sites for hydroxylation is 1. The monoisotopic (exact) mass is 357 g/mol. The van der Waals surface area contributed by atoms with E-state index in [0.717, 1.165) is 28.4 Å². The quantitative estimate of drug-likeness (QED) is 0.733. The maximum Gasteiger partial charge on any atom is 0.275 e. The van der Waals surface area contributed by atoms with Crippen molar-refractivity contribution in [1.29, 1.82) is 0 Å². The summed E-state index contributed by atoms with van der Waals surface area (Å²) >= 11 is 1.43. The number of aromatic nitrogens is 3. The van der Waals surface area contributed by atoms with Crippen LogP contribution in [-0.2, 0) is 17.8 Å². The Morgan fingerprint density at radius 1 is 1.32 bits per heavy atom. The number of hydrogen-bond acceptors (Lipinski definition) is 6. The zero-order chi connectivity index (χ0) is 18.0. The van der Waals surface area contributed by atoms with Gasteiger partial charge in [0.1, 0.15) is 5.01 Å². The molecule has 2 N–H and O–H groups in total. The molecule has 2 heterocycles. The molecule has 0 fully saturated rings. The van der Waals surface area contributed by atoms with Crippen molar-refractivity contribution < 1.29 is 4.79 Å². The zero-order valence-electron chi connectivity index (χ0n) is 14.3. The Morgan fingerprint density at radius 2 is 2.08 bits per heavy atom. The molecule has 0 aliphatic heterocycles. The smallest absolute Gasteiger partial charge is 0.275 e. The van der Waals surface area contributed by atoms with Crippen LogP contribution in [0.1, 0.15) is 30.1 Å². The van der Waals surface area contributed by atoms with Gasteiger partial charge in [0, 0.05) is 24.4 Å². The highest BCUT2D eigenvalue weighted by Crippen LogP contribution is 2.23. The highest BCUT2D eigenvalue weighted by molar-refractivity contribution is 7.16. The molecule has 1 amide bonds. The third kappa shape index (κ3) is 3.69. The Labute approximate surface area is 148 Å². The first-order valence-electron chi connectivity index (χ1n) is 7.97. The molecule has 7 nitrogen and oxygen atoms in total. The van der Waals surface area contributed by atoms with Crippen molar-refractivity contribution in [1.82, 2.24) is 14.6 Å². The fourth-order valence-corrected chi connectivity index (χ4v) is 3.33. The van der Waals surface area contributed by atoms with Crippen LogP contribution in [0.2, 0.25) is 0 Å². The molecule has 130 valence electrons. The van der Waals surface area contributed by atoms with E-state index in [1.807, 2.05) is 32.0 Å². The van der Waals surface area contributed by atoms with Crippen LogP contribution < -0.4 is 16.2 Å². The van der Waals surface area contributed by atoms with E-state index in [9.17, 15) is 9.59 Å². The minimum Gasteiger partial charge on any atom is -0.379 e. The summed E-state index contributed by atoms with van der Waals surface area (Å²) in [5.74, 6) is -0.114. The van der Waals surface area contributed by atoms with Crippen LogP contribution in [0.3, 0.4) is 0 Å². The lowest BCUT2D eigenvalue weighted by atomic mass is 10.1. The Hall–Kier alpha value is -2.74. The van der Waals surface area contributed by atoms with Crippen molar-refractivity contribution in [3.8, 4) is 0 Å². The number of carbonyl (C=O) groups excluding carboxylic acids is 1. The van der Waals surface area contributed by atoms with E-state index in [0.29, 0.717) is 17.2 Å². The molecule has 0 aliphatic carbocycles. The number of fused-ring (bicyclic) bond motifs is 1. The maximum atomic E-state index is 12.2. The zero-order valence-corrected chi connectivity index (χ0v) is 15.1. The van der Waals surface area contributed by atoms with E-state index >= 15 is 0 Å². The van der Waals surface area contributed by atoms with E-state index in [2.05, 4.69) is 20.7 Å². The van der Waals surface area contributed by atoms with Crippen LogP contribution in [0.4, 0.5) is 11.4 Å². The van der Waals surface area contributed by atoms with Crippen LogP contribution in [0.5, 0.6) is 0 Å². The number of benzene rings is 1. The van der Waals surface area contributed by atoms with E-state index in [4.69, 9.17) is 0 Å². The van der Waals surface area contributed by atoms with Crippen LogP contribution >= 0.6 is 11.3 Å². The first-order valence-corrected chi connectivity index (χ1v) is 8.79. The number of amides is 1. The number of hydrogen-bond donors (Lipinski definition) is 2. The summed E-state index contributed by atoms with van der Waals surface area (Å²) in [5, 5.41) is 11.2. The van der Waals surface area contributed by atoms with Crippen LogP contribution in [0.25, 0.3) is 4.96 Å². The summed E-state index contributed by atoms with van der Waals surface area (Å²) < 4.78 is 1.34. The van der Waals surface area contributed by atoms with Gasteiger partial charge < -0.3 is 10.6 Å². The normalized spacial score (nSPS) is 10.8. The second kappa shape index (κ2) is 7.02. The van der Waals surface area contributed by atoms with Gasteiger partial charge >= 0.3 is 0 Å². The fourth-order valence-electron chi connectivity index (χ4n) is 2.47. The minimum atomic E-state index is -0.179. The van der Waals surface area contributed by atoms with E-state index in [1.165, 1.54) is 28.8 Å². The third-order valence-electron chi connectivity index (χ3n) is 3.75. The molecule has 0 aliphatic rings. The molecule has 0 radical (unpaired) electrons. The van der Waals surface area contributed by atoms with Gasteiger partial charge in [-0.1, -0.05) is 24.3 Å². The molecule has 0 bridgehead atoms. The largest absolute Gasteiger partial charge is 0.379 e. The van der Waals surface area contributed by atoms with E-state index < -0.39 is 0 Å². The first-order chi connectivity index (χ1) is 12.0. The summed E-state index contributed by atoms with van der Waals surface area (Å²) in [7, 11) is 0. The van der Waals surface area contributed by atoms with E-state index in [1.54, 1.807) is 0 Å². The van der Waals surface area contributed by atoms with E-state index in [-0.39, 0.29) is 11.5 Å². The van der Waals surface area contributed by atoms with Gasteiger partial charge in [0.05, 0.1) is 12.2 Å². The van der Waals surface area contributed by atoms with Crippen molar-refractivity contribution in [2.24, 2.45) is 0 Å². The molecular formula is C17H19N5O2S. The van der Waals surface area contributed by atoms with Crippen molar-refractivity contribution in [2.45, 2.75) is 33.7 Å². The fraction of sp³-hybridized carbons (Fsp3) is 0.294. The highest BCUT2D eigenvalue weighted by atomic mass is 32.1. The number of anilines is 2. The lowest BCUT2D eigenvalue weighted by Crippen LogP contribution is -2.17. The van der Waals surface area contributed by atoms with Gasteiger partial charge in [-0.05, 0) is 31.0 Å². The lowest BCUT2D eigenvalue weighted by molar-refractivity contribution is -0.114. The molecule has 3 rings (SSSR count). The van der Waals surface area contributed by atoms with Gasteiger partial charge in [-0.3, -0.25) is 9.59 Å². The molecule has 0 saturated heterocycles. The second-order valence-corrected chi connectivity index (χ2v) is 6.68. The standard InChI is InChI=1S/C17H19N5O2S/c1-4-15-21-22-16(24)8-12(20-17(22)25-15)9-18-13-6-5-7-14(10(13)2)19-11(3)23/h5-8,18H,4,9H2,1-3H3,(H,19,23). The molecule has 25 heavy (non-hydrogen) atoms. The average molecular weight is 357 g/mol. The lowest BCUT2D eigenvalue weighted by Gasteiger charge is -2.13. The maximum absolute atomic E-state index is 12.2. The molecule has 2 aromatic heterocycles. The molecule has 8 heteroatoms. The summed E-state index contributed by atoms with van der Waals surface area (Å²) in [6.07, 6.45) is 0.774. The molecule has 0 atom stereocenters. The van der Waals surface area contributed by atoms with Gasteiger partial charge in [0.15, 0.2) is 0 Å². The number of rotatable bonds is 5. The number of carbonyl (C=O) groups is 1. The second-order valence-electron chi connectivity index (χ2n) is 5.64. The number of nitrogens with one attached hydrogen (secondary N) is 2. The van der Waals surface area contributed by atoms with Crippen LogP contribution in [-0.4, -0.2) is 20.5 Å². The third-order valence-corrected chi connectivity index (χ3v) is 4.80. The van der Waals surface area contributed by atoms with Gasteiger partial charge in [0.25, 0.3) is 5.56 Å². The Balaban J connectivity index is 1.83. The SMILES string of the molecule is CCc1nn2c(=O)cc(CNc3cccc(NC(C)=O)c3C)nc2s1. The topological polar surface area (TPSA) is 88.4 Å². The Kier molecular flexibility index (Phi) is 4.80. The van der Waals surface area contributed by atoms with Gasteiger partial charge in [-0.25, -0.2) is 4.98 Å². The van der Waals surface area contributed by atoms with Crippen molar-refractivity contribution >= 4 is 33.6 Å². The van der Waals surface area contributed by atoms with Gasteiger partial charge in [-0.2, -0.15) is 9.61 Å². The Bertz CT molecular complexity index is 992. The molecular weight excluding hydrogens is 338 g/mol. The van der Waals surface area contributed by atoms with Crippen molar-refractivity contribution in [3.63, 3.8) is 0 Å². The van der Waals surface area contributed by atoms with Crippen molar-refractivity contribution in [2.75, 3.05) is 10.6 Å². The highest BCUT2D eigenvalue weighted by Gasteiger charge is 2.09. The molecule has 0 unspecified atom stereocenters. The summed E-state index contributed by atoms with van der Waals surface area (Å²) in [4.78, 5) is 28.5. The van der Waals surface area contributed by atoms with Gasteiger partial charge in [0.2, 0.25) is 10.9 Å². The summed E-state index contributed by atoms with van der Waals surface area (Å²) in [5.41, 5.74) is 3.05. The first kappa shape index (κ1) is 17.1. The molecule has 1 aromatic carbocycles.